The molecule has 0 saturated carbocycles. The van der Waals surface area contributed by atoms with Gasteiger partial charge in [-0.1, -0.05) is 45.9 Å². The second-order valence-electron chi connectivity index (χ2n) is 6.09. The molecule has 0 heterocycles. The summed E-state index contributed by atoms with van der Waals surface area (Å²) >= 11 is 0. The Morgan fingerprint density at radius 2 is 1.67 bits per heavy atom. The average molecular weight is 292 g/mol. The van der Waals surface area contributed by atoms with Crippen LogP contribution in [0.1, 0.15) is 27.7 Å². The smallest absolute Gasteiger partial charge is 0.317 e. The Morgan fingerprint density at radius 1 is 1.10 bits per heavy atom. The highest BCUT2D eigenvalue weighted by molar-refractivity contribution is 5.74. The third kappa shape index (κ3) is 7.59. The van der Waals surface area contributed by atoms with Gasteiger partial charge in [0, 0.05) is 13.1 Å². The molecule has 0 saturated heterocycles. The summed E-state index contributed by atoms with van der Waals surface area (Å²) in [5.41, 5.74) is 0. The number of carbonyl (C=O) groups excluding carboxylic acids is 1. The highest BCUT2D eigenvalue weighted by atomic mass is 16.5. The van der Waals surface area contributed by atoms with Crippen LogP contribution in [0, 0.1) is 11.8 Å². The van der Waals surface area contributed by atoms with Gasteiger partial charge in [0.1, 0.15) is 12.4 Å². The summed E-state index contributed by atoms with van der Waals surface area (Å²) in [6.07, 6.45) is 0. The maximum atomic E-state index is 12.2. The lowest BCUT2D eigenvalue weighted by molar-refractivity contribution is 0.180. The van der Waals surface area contributed by atoms with E-state index in [0.29, 0.717) is 25.0 Å². The van der Waals surface area contributed by atoms with E-state index < -0.39 is 0 Å². The van der Waals surface area contributed by atoms with Gasteiger partial charge >= 0.3 is 6.03 Å². The van der Waals surface area contributed by atoms with E-state index in [1.54, 1.807) is 0 Å². The SMILES string of the molecule is CC(C)CN(CC(C)C)C(=O)NCCOc1ccccc1. The van der Waals surface area contributed by atoms with Gasteiger partial charge < -0.3 is 15.0 Å². The average Bonchev–Trinajstić information content (AvgIpc) is 2.43. The molecule has 0 aliphatic carbocycles. The Hall–Kier alpha value is -1.71. The molecular formula is C17H28N2O2. The summed E-state index contributed by atoms with van der Waals surface area (Å²) in [4.78, 5) is 14.1. The summed E-state index contributed by atoms with van der Waals surface area (Å²) in [5.74, 6) is 1.76. The normalized spacial score (nSPS) is 10.8. The number of rotatable bonds is 8. The predicted molar refractivity (Wildman–Crippen MR) is 86.6 cm³/mol. The lowest BCUT2D eigenvalue weighted by Gasteiger charge is -2.26. The lowest BCUT2D eigenvalue weighted by Crippen LogP contribution is -2.44. The van der Waals surface area contributed by atoms with Gasteiger partial charge in [0.25, 0.3) is 0 Å². The first-order valence-electron chi connectivity index (χ1n) is 7.69. The summed E-state index contributed by atoms with van der Waals surface area (Å²) in [5, 5.41) is 2.93. The zero-order chi connectivity index (χ0) is 15.7. The van der Waals surface area contributed by atoms with Crippen molar-refractivity contribution >= 4 is 6.03 Å². The Kier molecular flexibility index (Phi) is 7.65. The predicted octanol–water partition coefficient (Wildman–Crippen LogP) is 3.39. The summed E-state index contributed by atoms with van der Waals surface area (Å²) < 4.78 is 5.57. The molecule has 0 aliphatic heterocycles. The minimum Gasteiger partial charge on any atom is -0.492 e. The van der Waals surface area contributed by atoms with Crippen LogP contribution in [0.5, 0.6) is 5.75 Å². The van der Waals surface area contributed by atoms with Gasteiger partial charge in [-0.05, 0) is 24.0 Å². The van der Waals surface area contributed by atoms with E-state index in [0.717, 1.165) is 18.8 Å². The van der Waals surface area contributed by atoms with Crippen LogP contribution in [0.3, 0.4) is 0 Å². The van der Waals surface area contributed by atoms with Gasteiger partial charge in [0.05, 0.1) is 6.54 Å². The number of hydrogen-bond donors (Lipinski definition) is 1. The first kappa shape index (κ1) is 17.3. The van der Waals surface area contributed by atoms with E-state index in [2.05, 4.69) is 33.0 Å². The first-order valence-corrected chi connectivity index (χ1v) is 7.69. The van der Waals surface area contributed by atoms with Crippen molar-refractivity contribution < 1.29 is 9.53 Å². The second-order valence-corrected chi connectivity index (χ2v) is 6.09. The number of urea groups is 1. The molecule has 0 aromatic heterocycles. The number of carbonyl (C=O) groups is 1. The van der Waals surface area contributed by atoms with Crippen LogP contribution in [0.2, 0.25) is 0 Å². The van der Waals surface area contributed by atoms with Crippen molar-refractivity contribution in [3.05, 3.63) is 30.3 Å². The molecule has 4 nitrogen and oxygen atoms in total. The monoisotopic (exact) mass is 292 g/mol. The van der Waals surface area contributed by atoms with Crippen molar-refractivity contribution in [3.63, 3.8) is 0 Å². The zero-order valence-corrected chi connectivity index (χ0v) is 13.6. The van der Waals surface area contributed by atoms with Gasteiger partial charge in [-0.15, -0.1) is 0 Å². The van der Waals surface area contributed by atoms with Gasteiger partial charge in [0.15, 0.2) is 0 Å². The van der Waals surface area contributed by atoms with Crippen molar-refractivity contribution in [2.45, 2.75) is 27.7 Å². The Balaban J connectivity index is 2.32. The third-order valence-electron chi connectivity index (χ3n) is 2.85. The Morgan fingerprint density at radius 3 is 2.19 bits per heavy atom. The summed E-state index contributed by atoms with van der Waals surface area (Å²) in [6.45, 7) is 11.1. The van der Waals surface area contributed by atoms with E-state index in [4.69, 9.17) is 4.74 Å². The standard InChI is InChI=1S/C17H28N2O2/c1-14(2)12-19(13-15(3)4)17(20)18-10-11-21-16-8-6-5-7-9-16/h5-9,14-15H,10-13H2,1-4H3,(H,18,20). The number of ether oxygens (including phenoxy) is 1. The van der Waals surface area contributed by atoms with Crippen LogP contribution < -0.4 is 10.1 Å². The van der Waals surface area contributed by atoms with Crippen molar-refractivity contribution in [3.8, 4) is 5.75 Å². The fourth-order valence-electron chi connectivity index (χ4n) is 2.08. The van der Waals surface area contributed by atoms with E-state index in [-0.39, 0.29) is 6.03 Å². The van der Waals surface area contributed by atoms with Crippen LogP contribution >= 0.6 is 0 Å². The van der Waals surface area contributed by atoms with E-state index in [9.17, 15) is 4.79 Å². The quantitative estimate of drug-likeness (QED) is 0.746. The van der Waals surface area contributed by atoms with Gasteiger partial charge in [-0.3, -0.25) is 0 Å². The molecule has 0 bridgehead atoms. The maximum Gasteiger partial charge on any atom is 0.317 e. The molecule has 4 heteroatoms. The molecular weight excluding hydrogens is 264 g/mol. The van der Waals surface area contributed by atoms with Crippen LogP contribution in [0.15, 0.2) is 30.3 Å². The van der Waals surface area contributed by atoms with Crippen LogP contribution in [-0.4, -0.2) is 37.2 Å². The van der Waals surface area contributed by atoms with Crippen molar-refractivity contribution in [1.82, 2.24) is 10.2 Å². The highest BCUT2D eigenvalue weighted by Crippen LogP contribution is 2.07. The summed E-state index contributed by atoms with van der Waals surface area (Å²) in [7, 11) is 0. The van der Waals surface area contributed by atoms with Gasteiger partial charge in [-0.25, -0.2) is 4.79 Å². The molecule has 0 unspecified atom stereocenters. The molecule has 0 radical (unpaired) electrons. The Labute approximate surface area is 128 Å². The molecule has 118 valence electrons. The zero-order valence-electron chi connectivity index (χ0n) is 13.6. The first-order chi connectivity index (χ1) is 9.99. The molecule has 1 aromatic rings. The van der Waals surface area contributed by atoms with Crippen molar-refractivity contribution in [2.24, 2.45) is 11.8 Å². The lowest BCUT2D eigenvalue weighted by atomic mass is 10.1. The van der Waals surface area contributed by atoms with E-state index in [1.807, 2.05) is 35.2 Å². The summed E-state index contributed by atoms with van der Waals surface area (Å²) in [6, 6.07) is 9.62. The molecule has 21 heavy (non-hydrogen) atoms. The molecule has 2 amide bonds. The van der Waals surface area contributed by atoms with Crippen molar-refractivity contribution in [1.29, 1.82) is 0 Å². The number of benzene rings is 1. The molecule has 1 rings (SSSR count). The molecule has 0 aliphatic rings. The minimum absolute atomic E-state index is 0.00550. The molecule has 0 fully saturated rings. The van der Waals surface area contributed by atoms with Gasteiger partial charge in [-0.2, -0.15) is 0 Å². The van der Waals surface area contributed by atoms with Crippen LogP contribution in [0.25, 0.3) is 0 Å². The third-order valence-corrected chi connectivity index (χ3v) is 2.85. The van der Waals surface area contributed by atoms with Crippen LogP contribution in [-0.2, 0) is 0 Å². The van der Waals surface area contributed by atoms with E-state index >= 15 is 0 Å². The van der Waals surface area contributed by atoms with Crippen molar-refractivity contribution in [2.75, 3.05) is 26.2 Å². The largest absolute Gasteiger partial charge is 0.492 e. The molecule has 1 N–H and O–H groups in total. The minimum atomic E-state index is -0.00550. The number of nitrogens with zero attached hydrogens (tertiary/aromatic N) is 1. The fraction of sp³-hybridized carbons (Fsp3) is 0.588. The van der Waals surface area contributed by atoms with Gasteiger partial charge in [0.2, 0.25) is 0 Å². The number of amides is 2. The Bertz CT molecular complexity index is 395. The number of para-hydroxylation sites is 1. The molecule has 0 atom stereocenters. The fourth-order valence-corrected chi connectivity index (χ4v) is 2.08. The topological polar surface area (TPSA) is 41.6 Å². The highest BCUT2D eigenvalue weighted by Gasteiger charge is 2.15. The number of hydrogen-bond acceptors (Lipinski definition) is 2. The van der Waals surface area contributed by atoms with Crippen LogP contribution in [0.4, 0.5) is 4.79 Å². The van der Waals surface area contributed by atoms with E-state index in [1.165, 1.54) is 0 Å². The molecule has 1 aromatic carbocycles. The second kappa shape index (κ2) is 9.27. The molecule has 0 spiro atoms. The number of nitrogens with one attached hydrogen (secondary N) is 1. The maximum absolute atomic E-state index is 12.2.